The van der Waals surface area contributed by atoms with E-state index < -0.39 is 17.8 Å². The van der Waals surface area contributed by atoms with E-state index in [1.54, 1.807) is 6.92 Å². The highest BCUT2D eigenvalue weighted by molar-refractivity contribution is 7.80. The number of aliphatic hydroxyl groups excluding tert-OH is 6. The molecule has 0 rings (SSSR count). The summed E-state index contributed by atoms with van der Waals surface area (Å²) in [4.78, 5) is 0. The third-order valence-electron chi connectivity index (χ3n) is 2.92. The molecule has 0 saturated heterocycles. The van der Waals surface area contributed by atoms with E-state index in [0.717, 1.165) is 0 Å². The van der Waals surface area contributed by atoms with Crippen LogP contribution in [0.25, 0.3) is 0 Å². The Labute approximate surface area is 153 Å². The lowest BCUT2D eigenvalue weighted by Crippen LogP contribution is -2.33. The van der Waals surface area contributed by atoms with E-state index in [0.29, 0.717) is 12.8 Å². The minimum Gasteiger partial charge on any atom is -0.502 e. The summed E-state index contributed by atoms with van der Waals surface area (Å²) in [6.45, 7) is 4.60. The van der Waals surface area contributed by atoms with E-state index in [4.69, 9.17) is 30.6 Å². The van der Waals surface area contributed by atoms with Gasteiger partial charge in [-0.15, -0.1) is 0 Å². The van der Waals surface area contributed by atoms with Crippen LogP contribution >= 0.6 is 36.7 Å². The van der Waals surface area contributed by atoms with Gasteiger partial charge in [0.2, 0.25) is 0 Å². The smallest absolute Gasteiger partial charge is 0.159 e. The van der Waals surface area contributed by atoms with Gasteiger partial charge >= 0.3 is 0 Å². The number of thiocarbonyl (C=S) groups is 3. The lowest BCUT2D eigenvalue weighted by atomic mass is 9.84. The van der Waals surface area contributed by atoms with Crippen LogP contribution in [0, 0.1) is 17.8 Å². The van der Waals surface area contributed by atoms with Crippen LogP contribution in [0.15, 0.2) is 0 Å². The Kier molecular flexibility index (Phi) is 21.3. The van der Waals surface area contributed by atoms with Crippen LogP contribution in [0.3, 0.4) is 0 Å². The fraction of sp³-hybridized carbons (Fsp3) is 0.786. The molecule has 0 saturated carbocycles. The monoisotopic (exact) mass is 388 g/mol. The third-order valence-corrected chi connectivity index (χ3v) is 3.87. The predicted molar refractivity (Wildman–Crippen MR) is 104 cm³/mol. The van der Waals surface area contributed by atoms with Crippen molar-refractivity contribution in [3.63, 3.8) is 0 Å². The largest absolute Gasteiger partial charge is 0.502 e. The minimum absolute atomic E-state index is 0.0880. The molecule has 0 aliphatic rings. The zero-order valence-corrected chi connectivity index (χ0v) is 16.1. The van der Waals surface area contributed by atoms with Crippen molar-refractivity contribution in [3.8, 4) is 0 Å². The van der Waals surface area contributed by atoms with Gasteiger partial charge in [0.25, 0.3) is 0 Å². The van der Waals surface area contributed by atoms with Gasteiger partial charge in [-0.25, -0.2) is 0 Å². The topological polar surface area (TPSA) is 121 Å². The summed E-state index contributed by atoms with van der Waals surface area (Å²) in [6.07, 6.45) is 1.19. The lowest BCUT2D eigenvalue weighted by molar-refractivity contribution is 0.0579. The van der Waals surface area contributed by atoms with Crippen LogP contribution in [0.5, 0.6) is 0 Å². The Morgan fingerprint density at radius 2 is 1.09 bits per heavy atom. The van der Waals surface area contributed by atoms with Crippen LogP contribution in [0.1, 0.15) is 33.6 Å². The number of hydrogen-bond donors (Lipinski definition) is 6. The Morgan fingerprint density at radius 3 is 1.22 bits per heavy atom. The maximum atomic E-state index is 9.02. The van der Waals surface area contributed by atoms with Crippen LogP contribution in [0.2, 0.25) is 0 Å². The Bertz CT molecular complexity index is 320. The maximum absolute atomic E-state index is 9.02. The third kappa shape index (κ3) is 17.7. The summed E-state index contributed by atoms with van der Waals surface area (Å²) >= 11 is 13.1. The van der Waals surface area contributed by atoms with E-state index in [9.17, 15) is 0 Å². The highest BCUT2D eigenvalue weighted by Gasteiger charge is 2.27. The molecule has 0 aliphatic carbocycles. The normalized spacial score (nSPS) is 12.1. The van der Waals surface area contributed by atoms with E-state index in [1.807, 2.05) is 13.8 Å². The van der Waals surface area contributed by atoms with E-state index in [2.05, 4.69) is 36.7 Å². The van der Waals surface area contributed by atoms with Crippen LogP contribution in [0.4, 0.5) is 0 Å². The quantitative estimate of drug-likeness (QED) is 0.348. The molecule has 0 radical (unpaired) electrons. The van der Waals surface area contributed by atoms with Gasteiger partial charge in [0.15, 0.2) is 15.2 Å². The summed E-state index contributed by atoms with van der Waals surface area (Å²) in [5.41, 5.74) is 0. The first kappa shape index (κ1) is 27.4. The van der Waals surface area contributed by atoms with Crippen molar-refractivity contribution in [1.82, 2.24) is 0 Å². The lowest BCUT2D eigenvalue weighted by Gasteiger charge is -2.26. The molecule has 0 aromatic rings. The van der Waals surface area contributed by atoms with Crippen molar-refractivity contribution in [2.45, 2.75) is 33.6 Å². The van der Waals surface area contributed by atoms with Gasteiger partial charge in [0, 0.05) is 44.5 Å². The molecule has 2 atom stereocenters. The molecular formula is C14H28O6S3. The Hall–Kier alpha value is -0.450. The fourth-order valence-corrected chi connectivity index (χ4v) is 1.40. The van der Waals surface area contributed by atoms with Crippen molar-refractivity contribution in [2.24, 2.45) is 17.8 Å². The first-order valence-electron chi connectivity index (χ1n) is 7.11. The predicted octanol–water partition coefficient (Wildman–Crippen LogP) is 2.28. The number of hydrogen-bond acceptors (Lipinski definition) is 6. The minimum atomic E-state index is -0.440. The molecule has 0 bridgehead atoms. The number of aliphatic hydroxyl groups is 6. The molecule has 2 unspecified atom stereocenters. The van der Waals surface area contributed by atoms with Gasteiger partial charge in [-0.2, -0.15) is 0 Å². The molecule has 9 heteroatoms. The zero-order valence-electron chi connectivity index (χ0n) is 13.7. The summed E-state index contributed by atoms with van der Waals surface area (Å²) < 4.78 is 0. The molecule has 0 aromatic carbocycles. The van der Waals surface area contributed by atoms with Crippen LogP contribution in [-0.4, -0.2) is 65.6 Å². The van der Waals surface area contributed by atoms with Crippen molar-refractivity contribution < 1.29 is 30.6 Å². The summed E-state index contributed by atoms with van der Waals surface area (Å²) in [6, 6.07) is 0. The molecule has 0 amide bonds. The van der Waals surface area contributed by atoms with Gasteiger partial charge in [-0.1, -0.05) is 20.8 Å². The molecule has 23 heavy (non-hydrogen) atoms. The summed E-state index contributed by atoms with van der Waals surface area (Å²) in [7, 11) is 0. The van der Waals surface area contributed by atoms with Crippen molar-refractivity contribution in [1.29, 1.82) is 0 Å². The molecule has 0 spiro atoms. The highest BCUT2D eigenvalue weighted by atomic mass is 32.1. The van der Waals surface area contributed by atoms with Gasteiger partial charge in [0.05, 0.1) is 0 Å². The fourth-order valence-electron chi connectivity index (χ4n) is 1.23. The van der Waals surface area contributed by atoms with Crippen molar-refractivity contribution in [2.75, 3.05) is 19.8 Å². The first-order chi connectivity index (χ1) is 10.6. The van der Waals surface area contributed by atoms with Crippen LogP contribution < -0.4 is 0 Å². The summed E-state index contributed by atoms with van der Waals surface area (Å²) in [5, 5.41) is 51.9. The van der Waals surface area contributed by atoms with Crippen molar-refractivity contribution in [3.05, 3.63) is 0 Å². The molecule has 6 nitrogen and oxygen atoms in total. The van der Waals surface area contributed by atoms with Gasteiger partial charge in [0.1, 0.15) is 0 Å². The Balaban J connectivity index is -0.000000329. The Morgan fingerprint density at radius 1 is 0.783 bits per heavy atom. The molecule has 138 valence electrons. The van der Waals surface area contributed by atoms with Gasteiger partial charge < -0.3 is 30.6 Å². The second kappa shape index (κ2) is 17.9. The van der Waals surface area contributed by atoms with E-state index in [-0.39, 0.29) is 35.0 Å². The van der Waals surface area contributed by atoms with Gasteiger partial charge in [-0.3, -0.25) is 0 Å². The molecule has 0 heterocycles. The zero-order chi connectivity index (χ0) is 19.0. The van der Waals surface area contributed by atoms with E-state index >= 15 is 0 Å². The number of rotatable bonds is 8. The summed E-state index contributed by atoms with van der Waals surface area (Å²) in [5.74, 6) is -1.23. The molecule has 0 aromatic heterocycles. The van der Waals surface area contributed by atoms with Crippen LogP contribution in [-0.2, 0) is 0 Å². The molecule has 6 N–H and O–H groups in total. The standard InChI is InChI=1S/C8H16O4S.2C3H6OS/c1-5(8(12)13)7(4-11)6(2-9)3-10;2*1-2-3(4)5/h5-7,9-11H,2-4H2,1H3,(H,12,13);2*2H2,1H3,(H,4,5). The molecule has 0 fully saturated rings. The van der Waals surface area contributed by atoms with Crippen molar-refractivity contribution >= 4 is 51.8 Å². The first-order valence-corrected chi connectivity index (χ1v) is 8.34. The molecular weight excluding hydrogens is 360 g/mol. The maximum Gasteiger partial charge on any atom is 0.159 e. The second-order valence-electron chi connectivity index (χ2n) is 4.59. The average molecular weight is 389 g/mol. The molecule has 0 aliphatic heterocycles. The second-order valence-corrected chi connectivity index (χ2v) is 5.95. The average Bonchev–Trinajstić information content (AvgIpc) is 2.52. The SMILES string of the molecule is CC(C(O)=S)C(CO)C(CO)CO.CCC(O)=S.CCC(O)=S. The van der Waals surface area contributed by atoms with Gasteiger partial charge in [-0.05, 0) is 42.6 Å². The van der Waals surface area contributed by atoms with E-state index in [1.165, 1.54) is 0 Å². The highest BCUT2D eigenvalue weighted by Crippen LogP contribution is 2.21.